The summed E-state index contributed by atoms with van der Waals surface area (Å²) in [4.78, 5) is 30.9. The summed E-state index contributed by atoms with van der Waals surface area (Å²) in [5.41, 5.74) is 1.82. The molecule has 2 N–H and O–H groups in total. The van der Waals surface area contributed by atoms with Crippen LogP contribution in [-0.2, 0) is 0 Å². The zero-order chi connectivity index (χ0) is 13.2. The fraction of sp³-hybridized carbons (Fsp3) is 0.429. The van der Waals surface area contributed by atoms with Crippen LogP contribution in [0.25, 0.3) is 11.0 Å². The first-order valence-corrected chi connectivity index (χ1v) is 6.75. The van der Waals surface area contributed by atoms with Gasteiger partial charge in [0.05, 0.1) is 11.0 Å². The van der Waals surface area contributed by atoms with Crippen molar-refractivity contribution < 1.29 is 4.79 Å². The molecule has 0 saturated carbocycles. The average molecular weight is 259 g/mol. The van der Waals surface area contributed by atoms with Crippen LogP contribution in [0.15, 0.2) is 23.0 Å². The number of carbonyl (C=O) groups excluding carboxylic acids is 1. The molecular weight excluding hydrogens is 242 g/mol. The molecule has 5 heteroatoms. The number of likely N-dealkylation sites (tertiary alicyclic amines) is 1. The van der Waals surface area contributed by atoms with Crippen molar-refractivity contribution in [2.45, 2.75) is 25.7 Å². The number of nitrogens with zero attached hydrogens (tertiary/aromatic N) is 1. The molecule has 100 valence electrons. The second-order valence-electron chi connectivity index (χ2n) is 5.05. The third-order valence-electron chi connectivity index (χ3n) is 3.66. The fourth-order valence-corrected chi connectivity index (χ4v) is 2.62. The van der Waals surface area contributed by atoms with Crippen molar-refractivity contribution in [2.24, 2.45) is 0 Å². The maximum absolute atomic E-state index is 12.4. The second-order valence-corrected chi connectivity index (χ2v) is 5.05. The Morgan fingerprint density at radius 3 is 2.42 bits per heavy atom. The molecule has 3 rings (SSSR count). The minimum absolute atomic E-state index is 0.0610. The maximum atomic E-state index is 12.4. The van der Waals surface area contributed by atoms with Gasteiger partial charge in [-0.15, -0.1) is 0 Å². The molecule has 1 aromatic carbocycles. The molecule has 1 saturated heterocycles. The molecule has 0 aliphatic carbocycles. The van der Waals surface area contributed by atoms with Gasteiger partial charge in [-0.1, -0.05) is 12.8 Å². The molecule has 0 radical (unpaired) electrons. The molecule has 2 aromatic rings. The largest absolute Gasteiger partial charge is 0.339 e. The van der Waals surface area contributed by atoms with E-state index < -0.39 is 0 Å². The molecule has 1 fully saturated rings. The molecular formula is C14H17N3O2. The minimum Gasteiger partial charge on any atom is -0.339 e. The number of aromatic nitrogens is 2. The normalized spacial score (nSPS) is 16.5. The van der Waals surface area contributed by atoms with Gasteiger partial charge in [0.1, 0.15) is 0 Å². The van der Waals surface area contributed by atoms with Crippen LogP contribution in [0, 0.1) is 0 Å². The number of hydrogen-bond donors (Lipinski definition) is 2. The predicted molar refractivity (Wildman–Crippen MR) is 73.3 cm³/mol. The highest BCUT2D eigenvalue weighted by molar-refractivity contribution is 5.97. The summed E-state index contributed by atoms with van der Waals surface area (Å²) in [6.45, 7) is 1.67. The third kappa shape index (κ3) is 2.41. The molecule has 5 nitrogen and oxygen atoms in total. The lowest BCUT2D eigenvalue weighted by Gasteiger charge is -2.20. The molecule has 1 aliphatic rings. The van der Waals surface area contributed by atoms with E-state index in [4.69, 9.17) is 0 Å². The van der Waals surface area contributed by atoms with Crippen LogP contribution < -0.4 is 5.69 Å². The number of carbonyl (C=O) groups is 1. The molecule has 0 unspecified atom stereocenters. The summed E-state index contributed by atoms with van der Waals surface area (Å²) in [5, 5.41) is 0. The van der Waals surface area contributed by atoms with Crippen LogP contribution in [-0.4, -0.2) is 33.9 Å². The van der Waals surface area contributed by atoms with Crippen LogP contribution in [0.4, 0.5) is 0 Å². The Bertz CT molecular complexity index is 648. The SMILES string of the molecule is O=C(c1ccc2[nH]c(=O)[nH]c2c1)N1CCCCCC1. The van der Waals surface area contributed by atoms with Crippen LogP contribution in [0.3, 0.4) is 0 Å². The summed E-state index contributed by atoms with van der Waals surface area (Å²) in [6.07, 6.45) is 4.56. The topological polar surface area (TPSA) is 69.0 Å². The number of imidazole rings is 1. The average Bonchev–Trinajstić information content (AvgIpc) is 2.63. The first-order valence-electron chi connectivity index (χ1n) is 6.75. The van der Waals surface area contributed by atoms with Gasteiger partial charge in [-0.2, -0.15) is 0 Å². The smallest absolute Gasteiger partial charge is 0.323 e. The highest BCUT2D eigenvalue weighted by Crippen LogP contribution is 2.16. The Morgan fingerprint density at radius 1 is 1.00 bits per heavy atom. The monoisotopic (exact) mass is 259 g/mol. The van der Waals surface area contributed by atoms with Crippen molar-refractivity contribution in [2.75, 3.05) is 13.1 Å². The van der Waals surface area contributed by atoms with Crippen molar-refractivity contribution in [3.63, 3.8) is 0 Å². The number of benzene rings is 1. The molecule has 19 heavy (non-hydrogen) atoms. The zero-order valence-corrected chi connectivity index (χ0v) is 10.7. The number of nitrogens with one attached hydrogen (secondary N) is 2. The second kappa shape index (κ2) is 4.91. The van der Waals surface area contributed by atoms with E-state index in [1.54, 1.807) is 18.2 Å². The lowest BCUT2D eigenvalue weighted by molar-refractivity contribution is 0.0762. The van der Waals surface area contributed by atoms with Gasteiger partial charge in [-0.3, -0.25) is 4.79 Å². The lowest BCUT2D eigenvalue weighted by atomic mass is 10.1. The van der Waals surface area contributed by atoms with Crippen LogP contribution in [0.5, 0.6) is 0 Å². The predicted octanol–water partition coefficient (Wildman–Crippen LogP) is 1.87. The number of H-pyrrole nitrogens is 2. The van der Waals surface area contributed by atoms with Gasteiger partial charge in [0.2, 0.25) is 0 Å². The van der Waals surface area contributed by atoms with Crippen molar-refractivity contribution in [1.82, 2.24) is 14.9 Å². The molecule has 2 heterocycles. The lowest BCUT2D eigenvalue weighted by Crippen LogP contribution is -2.31. The third-order valence-corrected chi connectivity index (χ3v) is 3.66. The summed E-state index contributed by atoms with van der Waals surface area (Å²) < 4.78 is 0. The summed E-state index contributed by atoms with van der Waals surface area (Å²) in [6, 6.07) is 5.30. The van der Waals surface area contributed by atoms with E-state index in [0.29, 0.717) is 11.1 Å². The standard InChI is InChI=1S/C14H17N3O2/c18-13(17-7-3-1-2-4-8-17)10-5-6-11-12(9-10)16-14(19)15-11/h5-6,9H,1-4,7-8H2,(H2,15,16,19). The first kappa shape index (κ1) is 12.0. The first-order chi connectivity index (χ1) is 9.24. The van der Waals surface area contributed by atoms with Gasteiger partial charge in [0.25, 0.3) is 5.91 Å². The van der Waals surface area contributed by atoms with Gasteiger partial charge < -0.3 is 14.9 Å². The van der Waals surface area contributed by atoms with Crippen LogP contribution in [0.1, 0.15) is 36.0 Å². The van der Waals surface area contributed by atoms with Crippen molar-refractivity contribution in [3.8, 4) is 0 Å². The summed E-state index contributed by atoms with van der Waals surface area (Å²) in [5.74, 6) is 0.0610. The van der Waals surface area contributed by atoms with Gasteiger partial charge in [-0.05, 0) is 31.0 Å². The maximum Gasteiger partial charge on any atom is 0.323 e. The van der Waals surface area contributed by atoms with Gasteiger partial charge in [0, 0.05) is 18.7 Å². The van der Waals surface area contributed by atoms with Gasteiger partial charge in [-0.25, -0.2) is 4.79 Å². The number of rotatable bonds is 1. The molecule has 1 aromatic heterocycles. The fourth-order valence-electron chi connectivity index (χ4n) is 2.62. The van der Waals surface area contributed by atoms with E-state index in [1.165, 1.54) is 12.8 Å². The van der Waals surface area contributed by atoms with E-state index in [0.717, 1.165) is 31.4 Å². The Labute approximate surface area is 110 Å². The number of fused-ring (bicyclic) bond motifs is 1. The van der Waals surface area contributed by atoms with E-state index in [-0.39, 0.29) is 11.6 Å². The Morgan fingerprint density at radius 2 is 1.68 bits per heavy atom. The minimum atomic E-state index is -0.241. The van der Waals surface area contributed by atoms with E-state index >= 15 is 0 Å². The highest BCUT2D eigenvalue weighted by atomic mass is 16.2. The van der Waals surface area contributed by atoms with E-state index in [1.807, 2.05) is 4.90 Å². The van der Waals surface area contributed by atoms with Crippen LogP contribution >= 0.6 is 0 Å². The van der Waals surface area contributed by atoms with Gasteiger partial charge >= 0.3 is 5.69 Å². The Balaban J connectivity index is 1.89. The highest BCUT2D eigenvalue weighted by Gasteiger charge is 2.17. The van der Waals surface area contributed by atoms with Crippen LogP contribution in [0.2, 0.25) is 0 Å². The van der Waals surface area contributed by atoms with Crippen molar-refractivity contribution in [3.05, 3.63) is 34.2 Å². The Kier molecular flexibility index (Phi) is 3.11. The number of hydrogen-bond acceptors (Lipinski definition) is 2. The Hall–Kier alpha value is -2.04. The number of aromatic amines is 2. The molecule has 1 amide bonds. The molecule has 1 aliphatic heterocycles. The van der Waals surface area contributed by atoms with Gasteiger partial charge in [0.15, 0.2) is 0 Å². The summed E-state index contributed by atoms with van der Waals surface area (Å²) in [7, 11) is 0. The van der Waals surface area contributed by atoms with Crippen molar-refractivity contribution >= 4 is 16.9 Å². The molecule has 0 bridgehead atoms. The zero-order valence-electron chi connectivity index (χ0n) is 10.7. The molecule has 0 spiro atoms. The summed E-state index contributed by atoms with van der Waals surface area (Å²) >= 11 is 0. The quantitative estimate of drug-likeness (QED) is 0.821. The van der Waals surface area contributed by atoms with E-state index in [9.17, 15) is 9.59 Å². The van der Waals surface area contributed by atoms with Crippen molar-refractivity contribution in [1.29, 1.82) is 0 Å². The van der Waals surface area contributed by atoms with E-state index in [2.05, 4.69) is 9.97 Å². The molecule has 0 atom stereocenters. The number of amides is 1.